The van der Waals surface area contributed by atoms with E-state index in [0.29, 0.717) is 0 Å². The summed E-state index contributed by atoms with van der Waals surface area (Å²) < 4.78 is 9.61. The van der Waals surface area contributed by atoms with Crippen LogP contribution in [-0.4, -0.2) is 21.2 Å². The summed E-state index contributed by atoms with van der Waals surface area (Å²) in [5.74, 6) is 0. The second kappa shape index (κ2) is 12.1. The van der Waals surface area contributed by atoms with Crippen molar-refractivity contribution in [2.75, 3.05) is 0 Å². The van der Waals surface area contributed by atoms with Gasteiger partial charge in [-0.25, -0.2) is 0 Å². The Labute approximate surface area is 235 Å². The third kappa shape index (κ3) is 6.90. The van der Waals surface area contributed by atoms with Gasteiger partial charge in [0, 0.05) is 0 Å². The minimum atomic E-state index is -3.18. The molecule has 0 atom stereocenters. The van der Waals surface area contributed by atoms with Crippen molar-refractivity contribution in [3.63, 3.8) is 0 Å². The zero-order chi connectivity index (χ0) is 23.3. The van der Waals surface area contributed by atoms with Gasteiger partial charge in [0.15, 0.2) is 0 Å². The first-order chi connectivity index (χ1) is 16.0. The summed E-state index contributed by atoms with van der Waals surface area (Å²) in [5.41, 5.74) is 5.74. The second-order valence-electron chi connectivity index (χ2n) is 8.57. The van der Waals surface area contributed by atoms with E-state index in [1.54, 1.807) is 0 Å². The third-order valence-electron chi connectivity index (χ3n) is 6.09. The van der Waals surface area contributed by atoms with Gasteiger partial charge in [-0.15, -0.1) is 0 Å². The summed E-state index contributed by atoms with van der Waals surface area (Å²) in [6.45, 7) is 0. The Morgan fingerprint density at radius 2 is 0.576 bits per heavy atom. The van der Waals surface area contributed by atoms with Crippen LogP contribution in [-0.2, 0) is 15.9 Å². The van der Waals surface area contributed by atoms with Crippen molar-refractivity contribution < 1.29 is 0 Å². The molecule has 0 saturated heterocycles. The van der Waals surface area contributed by atoms with Gasteiger partial charge in [-0.2, -0.15) is 0 Å². The van der Waals surface area contributed by atoms with Gasteiger partial charge in [-0.3, -0.25) is 0 Å². The molecule has 4 aromatic rings. The topological polar surface area (TPSA) is 0 Å². The summed E-state index contributed by atoms with van der Waals surface area (Å²) in [6.07, 6.45) is 0. The monoisotopic (exact) mass is 884 g/mol. The van der Waals surface area contributed by atoms with Crippen LogP contribution in [0, 0.1) is 0 Å². The third-order valence-corrected chi connectivity index (χ3v) is 26.8. The van der Waals surface area contributed by atoms with Crippen LogP contribution in [0.1, 0.15) is 22.3 Å². The van der Waals surface area contributed by atoms with E-state index in [1.807, 2.05) is 0 Å². The average Bonchev–Trinajstić information content (AvgIpc) is 2.80. The van der Waals surface area contributed by atoms with Gasteiger partial charge in [0.05, 0.1) is 0 Å². The zero-order valence-electron chi connectivity index (χ0n) is 18.1. The SMILES string of the molecule is Brc1ccccc1[CH2][Pb]([CH2]c1ccccc1Br)([CH2]c1ccccc1Br)[CH2]c1ccccc1Br. The van der Waals surface area contributed by atoms with Crippen molar-refractivity contribution in [2.24, 2.45) is 0 Å². The molecule has 168 valence electrons. The molecule has 0 nitrogen and oxygen atoms in total. The molecule has 0 radical (unpaired) electrons. The van der Waals surface area contributed by atoms with Gasteiger partial charge in [-0.05, 0) is 0 Å². The molecule has 0 aromatic heterocycles. The molecule has 0 N–H and O–H groups in total. The maximum absolute atomic E-state index is 3.86. The molecule has 4 aromatic carbocycles. The fraction of sp³-hybridized carbons (Fsp3) is 0.143. The van der Waals surface area contributed by atoms with Gasteiger partial charge >= 0.3 is 238 Å². The molecule has 0 aliphatic rings. The van der Waals surface area contributed by atoms with E-state index in [1.165, 1.54) is 56.1 Å². The quantitative estimate of drug-likeness (QED) is 0.155. The van der Waals surface area contributed by atoms with Crippen LogP contribution in [0.15, 0.2) is 115 Å². The van der Waals surface area contributed by atoms with Crippen molar-refractivity contribution >= 4 is 84.9 Å². The van der Waals surface area contributed by atoms with Gasteiger partial charge < -0.3 is 0 Å². The fourth-order valence-electron chi connectivity index (χ4n) is 4.56. The molecule has 0 amide bonds. The molecule has 0 unspecified atom stereocenters. The normalized spacial score (nSPS) is 11.5. The van der Waals surface area contributed by atoms with Gasteiger partial charge in [0.1, 0.15) is 0 Å². The molecule has 0 bridgehead atoms. The Kier molecular flexibility index (Phi) is 9.47. The first-order valence-corrected chi connectivity index (χ1v) is 25.1. The summed E-state index contributed by atoms with van der Waals surface area (Å²) in [6, 6.07) is 35.1. The first-order valence-electron chi connectivity index (χ1n) is 10.9. The van der Waals surface area contributed by atoms with Crippen LogP contribution in [0.25, 0.3) is 0 Å². The Morgan fingerprint density at radius 3 is 0.788 bits per heavy atom. The Bertz CT molecular complexity index is 1040. The molecule has 0 aliphatic heterocycles. The van der Waals surface area contributed by atoms with Crippen molar-refractivity contribution in [3.05, 3.63) is 137 Å². The van der Waals surface area contributed by atoms with E-state index in [4.69, 9.17) is 0 Å². The molecular weight excluding hydrogens is 863 g/mol. The minimum absolute atomic E-state index is 1.18. The molecule has 5 heteroatoms. The second-order valence-corrected chi connectivity index (χ2v) is 29.2. The van der Waals surface area contributed by atoms with Crippen LogP contribution in [0.3, 0.4) is 0 Å². The van der Waals surface area contributed by atoms with Crippen molar-refractivity contribution in [1.29, 1.82) is 0 Å². The fourth-order valence-corrected chi connectivity index (χ4v) is 30.6. The van der Waals surface area contributed by atoms with Crippen molar-refractivity contribution in [3.8, 4) is 0 Å². The van der Waals surface area contributed by atoms with E-state index in [2.05, 4.69) is 161 Å². The number of halogens is 4. The summed E-state index contributed by atoms with van der Waals surface area (Å²) in [4.78, 5) is 0. The molecule has 0 heterocycles. The van der Waals surface area contributed by atoms with Gasteiger partial charge in [-0.1, -0.05) is 0 Å². The molecule has 33 heavy (non-hydrogen) atoms. The first kappa shape index (κ1) is 25.8. The van der Waals surface area contributed by atoms with Crippen molar-refractivity contribution in [2.45, 2.75) is 15.9 Å². The van der Waals surface area contributed by atoms with Crippen molar-refractivity contribution in [1.82, 2.24) is 0 Å². The van der Waals surface area contributed by atoms with E-state index >= 15 is 0 Å². The van der Waals surface area contributed by atoms with Crippen LogP contribution in [0.5, 0.6) is 0 Å². The van der Waals surface area contributed by atoms with E-state index in [0.717, 1.165) is 0 Å². The number of hydrogen-bond donors (Lipinski definition) is 0. The molecule has 0 fully saturated rings. The Hall–Kier alpha value is -0.278. The van der Waals surface area contributed by atoms with E-state index < -0.39 is 21.2 Å². The molecule has 4 rings (SSSR count). The standard InChI is InChI=1S/4C7H6Br.Pb/c4*1-6-4-2-3-5-7(6)8;/h4*2-5H,1H2;. The van der Waals surface area contributed by atoms with Gasteiger partial charge in [0.2, 0.25) is 0 Å². The number of rotatable bonds is 8. The van der Waals surface area contributed by atoms with Crippen LogP contribution < -0.4 is 0 Å². The Balaban J connectivity index is 1.86. The predicted molar refractivity (Wildman–Crippen MR) is 157 cm³/mol. The summed E-state index contributed by atoms with van der Waals surface area (Å²) in [5, 5.41) is 0. The summed E-state index contributed by atoms with van der Waals surface area (Å²) >= 11 is 12.2. The Morgan fingerprint density at radius 1 is 0.364 bits per heavy atom. The summed E-state index contributed by atoms with van der Waals surface area (Å²) in [7, 11) is 0. The van der Waals surface area contributed by atoms with E-state index in [9.17, 15) is 0 Å². The van der Waals surface area contributed by atoms with E-state index in [-0.39, 0.29) is 0 Å². The average molecular weight is 887 g/mol. The van der Waals surface area contributed by atoms with Crippen LogP contribution in [0.2, 0.25) is 0 Å². The predicted octanol–water partition coefficient (Wildman–Crippen LogP) is 9.61. The number of benzene rings is 4. The molecule has 0 saturated carbocycles. The van der Waals surface area contributed by atoms with Gasteiger partial charge in [0.25, 0.3) is 0 Å². The molecule has 0 spiro atoms. The molecule has 0 aliphatic carbocycles. The number of hydrogen-bond acceptors (Lipinski definition) is 0. The zero-order valence-corrected chi connectivity index (χ0v) is 28.3. The van der Waals surface area contributed by atoms with Crippen LogP contribution in [0.4, 0.5) is 0 Å². The molecular formula is C28H24Br4Pb. The van der Waals surface area contributed by atoms with Crippen LogP contribution >= 0.6 is 63.7 Å². The maximum atomic E-state index is 3.86.